The van der Waals surface area contributed by atoms with Crippen molar-refractivity contribution in [3.05, 3.63) is 46.8 Å². The zero-order chi connectivity index (χ0) is 12.5. The van der Waals surface area contributed by atoms with Gasteiger partial charge in [-0.15, -0.1) is 0 Å². The molecule has 0 aliphatic carbocycles. The van der Waals surface area contributed by atoms with Gasteiger partial charge in [-0.1, -0.05) is 35.4 Å². The van der Waals surface area contributed by atoms with Gasteiger partial charge in [-0.05, 0) is 17.0 Å². The average Bonchev–Trinajstić information content (AvgIpc) is 2.28. The minimum absolute atomic E-state index is 0.0185. The Labute approximate surface area is 97.3 Å². The Balaban J connectivity index is 2.93. The van der Waals surface area contributed by atoms with Gasteiger partial charge >= 0.3 is 0 Å². The number of nitrogens with two attached hydrogens (primary N) is 1. The van der Waals surface area contributed by atoms with Crippen LogP contribution >= 0.6 is 0 Å². The summed E-state index contributed by atoms with van der Waals surface area (Å²) in [5, 5.41) is 9.62. The Morgan fingerprint density at radius 3 is 2.41 bits per heavy atom. The molecule has 2 aromatic rings. The van der Waals surface area contributed by atoms with E-state index < -0.39 is 10.0 Å². The molecule has 0 aliphatic heterocycles. The van der Waals surface area contributed by atoms with Crippen molar-refractivity contribution < 1.29 is 8.42 Å². The summed E-state index contributed by atoms with van der Waals surface area (Å²) in [6, 6.07) is 9.48. The van der Waals surface area contributed by atoms with Gasteiger partial charge in [0.1, 0.15) is 0 Å². The van der Waals surface area contributed by atoms with Crippen LogP contribution in [0.4, 0.5) is 5.69 Å². The molecule has 0 amide bonds. The van der Waals surface area contributed by atoms with Crippen LogP contribution in [0.3, 0.4) is 0 Å². The second-order valence-corrected chi connectivity index (χ2v) is 4.89. The molecule has 0 atom stereocenters. The fourth-order valence-electron chi connectivity index (χ4n) is 1.65. The number of hydrogen-bond acceptors (Lipinski definition) is 3. The molecular formula is C10H8N4O2S. The molecule has 6 nitrogen and oxygen atoms in total. The van der Waals surface area contributed by atoms with Gasteiger partial charge in [0.05, 0.1) is 4.90 Å². The molecule has 0 radical (unpaired) electrons. The van der Waals surface area contributed by atoms with Crippen LogP contribution in [-0.2, 0) is 10.0 Å². The number of primary sulfonamides is 1. The van der Waals surface area contributed by atoms with Gasteiger partial charge in [-0.2, -0.15) is 0 Å². The van der Waals surface area contributed by atoms with E-state index in [-0.39, 0.29) is 4.90 Å². The second-order valence-electron chi connectivity index (χ2n) is 3.36. The molecule has 0 spiro atoms. The Morgan fingerprint density at radius 2 is 1.76 bits per heavy atom. The number of nitrogens with zero attached hydrogens (tertiary/aromatic N) is 3. The third-order valence-corrected chi connectivity index (χ3v) is 3.29. The van der Waals surface area contributed by atoms with Crippen LogP contribution in [-0.4, -0.2) is 8.42 Å². The lowest BCUT2D eigenvalue weighted by atomic mass is 10.1. The predicted molar refractivity (Wildman–Crippen MR) is 64.1 cm³/mol. The lowest BCUT2D eigenvalue weighted by Crippen LogP contribution is -2.12. The second kappa shape index (κ2) is 4.06. The molecule has 0 aliphatic rings. The third-order valence-electron chi connectivity index (χ3n) is 2.32. The molecular weight excluding hydrogens is 240 g/mol. The molecule has 2 rings (SSSR count). The van der Waals surface area contributed by atoms with Crippen LogP contribution in [0.1, 0.15) is 0 Å². The van der Waals surface area contributed by atoms with Gasteiger partial charge in [0.2, 0.25) is 10.0 Å². The molecule has 2 aromatic carbocycles. The molecule has 2 N–H and O–H groups in total. The molecule has 0 heterocycles. The molecule has 86 valence electrons. The first-order valence-corrected chi connectivity index (χ1v) is 6.18. The molecule has 0 unspecified atom stereocenters. The number of fused-ring (bicyclic) bond motifs is 1. The summed E-state index contributed by atoms with van der Waals surface area (Å²) in [6.07, 6.45) is 0. The van der Waals surface area contributed by atoms with E-state index in [0.29, 0.717) is 16.5 Å². The summed E-state index contributed by atoms with van der Waals surface area (Å²) in [7, 11) is -3.80. The highest BCUT2D eigenvalue weighted by Gasteiger charge is 2.12. The van der Waals surface area contributed by atoms with Gasteiger partial charge in [0.25, 0.3) is 0 Å². The molecule has 0 saturated carbocycles. The predicted octanol–water partition coefficient (Wildman–Crippen LogP) is 2.43. The van der Waals surface area contributed by atoms with Crippen molar-refractivity contribution in [1.82, 2.24) is 0 Å². The standard InChI is InChI=1S/C10H8N4O2S/c11-14-13-9-5-1-4-8-7(9)3-2-6-10(8)17(12,15)16/h1-6H,(H2,12,15,16). The Hall–Kier alpha value is -2.08. The van der Waals surface area contributed by atoms with Gasteiger partial charge in [0, 0.05) is 16.0 Å². The normalized spacial score (nSPS) is 11.1. The fraction of sp³-hybridized carbons (Fsp3) is 0. The summed E-state index contributed by atoms with van der Waals surface area (Å²) >= 11 is 0. The summed E-state index contributed by atoms with van der Waals surface area (Å²) in [4.78, 5) is 2.71. The minimum atomic E-state index is -3.80. The van der Waals surface area contributed by atoms with E-state index >= 15 is 0 Å². The third kappa shape index (κ3) is 2.07. The summed E-state index contributed by atoms with van der Waals surface area (Å²) in [5.41, 5.74) is 8.79. The van der Waals surface area contributed by atoms with Crippen LogP contribution in [0.25, 0.3) is 21.2 Å². The first-order valence-electron chi connectivity index (χ1n) is 4.63. The van der Waals surface area contributed by atoms with E-state index in [1.165, 1.54) is 6.07 Å². The van der Waals surface area contributed by atoms with Crippen LogP contribution in [0, 0.1) is 0 Å². The monoisotopic (exact) mass is 248 g/mol. The van der Waals surface area contributed by atoms with Crippen LogP contribution < -0.4 is 5.14 Å². The summed E-state index contributed by atoms with van der Waals surface area (Å²) in [6.45, 7) is 0. The Kier molecular flexibility index (Phi) is 2.72. The lowest BCUT2D eigenvalue weighted by molar-refractivity contribution is 0.598. The first-order chi connectivity index (χ1) is 8.04. The fourth-order valence-corrected chi connectivity index (χ4v) is 2.40. The SMILES string of the molecule is [N-]=[N+]=Nc1cccc2c(S(N)(=O)=O)cccc12. The number of rotatable bonds is 2. The van der Waals surface area contributed by atoms with Crippen molar-refractivity contribution >= 4 is 26.5 Å². The van der Waals surface area contributed by atoms with Gasteiger partial charge < -0.3 is 0 Å². The van der Waals surface area contributed by atoms with E-state index in [9.17, 15) is 8.42 Å². The van der Waals surface area contributed by atoms with Gasteiger partial charge in [0.15, 0.2) is 0 Å². The minimum Gasteiger partial charge on any atom is -0.225 e. The zero-order valence-corrected chi connectivity index (χ0v) is 9.42. The number of azide groups is 1. The van der Waals surface area contributed by atoms with Crippen LogP contribution in [0.2, 0.25) is 0 Å². The first kappa shape index (κ1) is 11.4. The molecule has 0 bridgehead atoms. The Morgan fingerprint density at radius 1 is 1.12 bits per heavy atom. The maximum absolute atomic E-state index is 11.4. The largest absolute Gasteiger partial charge is 0.238 e. The lowest BCUT2D eigenvalue weighted by Gasteiger charge is -2.05. The van der Waals surface area contributed by atoms with E-state index in [2.05, 4.69) is 10.0 Å². The van der Waals surface area contributed by atoms with E-state index in [1.807, 2.05) is 0 Å². The molecule has 17 heavy (non-hydrogen) atoms. The highest BCUT2D eigenvalue weighted by Crippen LogP contribution is 2.29. The van der Waals surface area contributed by atoms with Gasteiger partial charge in [-0.25, -0.2) is 13.6 Å². The highest BCUT2D eigenvalue weighted by atomic mass is 32.2. The average molecular weight is 248 g/mol. The van der Waals surface area contributed by atoms with Crippen molar-refractivity contribution in [3.63, 3.8) is 0 Å². The molecule has 0 aromatic heterocycles. The summed E-state index contributed by atoms with van der Waals surface area (Å²) in [5.74, 6) is 0. The number of sulfonamides is 1. The van der Waals surface area contributed by atoms with E-state index in [1.54, 1.807) is 30.3 Å². The van der Waals surface area contributed by atoms with Crippen molar-refractivity contribution in [1.29, 1.82) is 0 Å². The number of hydrogen-bond donors (Lipinski definition) is 1. The maximum Gasteiger partial charge on any atom is 0.238 e. The van der Waals surface area contributed by atoms with Crippen LogP contribution in [0.15, 0.2) is 46.4 Å². The van der Waals surface area contributed by atoms with Crippen molar-refractivity contribution in [2.24, 2.45) is 10.3 Å². The number of benzene rings is 2. The molecule has 0 fully saturated rings. The van der Waals surface area contributed by atoms with Crippen LogP contribution in [0.5, 0.6) is 0 Å². The molecule has 7 heteroatoms. The topological polar surface area (TPSA) is 109 Å². The summed E-state index contributed by atoms with van der Waals surface area (Å²) < 4.78 is 22.8. The molecule has 0 saturated heterocycles. The van der Waals surface area contributed by atoms with E-state index in [4.69, 9.17) is 10.7 Å². The quantitative estimate of drug-likeness (QED) is 0.500. The smallest absolute Gasteiger partial charge is 0.225 e. The maximum atomic E-state index is 11.4. The van der Waals surface area contributed by atoms with Crippen molar-refractivity contribution in [2.75, 3.05) is 0 Å². The zero-order valence-electron chi connectivity index (χ0n) is 8.61. The van der Waals surface area contributed by atoms with Crippen molar-refractivity contribution in [3.8, 4) is 0 Å². The van der Waals surface area contributed by atoms with Crippen molar-refractivity contribution in [2.45, 2.75) is 4.90 Å². The Bertz CT molecular complexity index is 733. The van der Waals surface area contributed by atoms with E-state index in [0.717, 1.165) is 0 Å². The highest BCUT2D eigenvalue weighted by molar-refractivity contribution is 7.89. The van der Waals surface area contributed by atoms with Gasteiger partial charge in [-0.3, -0.25) is 0 Å².